The Bertz CT molecular complexity index is 244. The third-order valence-electron chi connectivity index (χ3n) is 0.793. The van der Waals surface area contributed by atoms with Crippen LogP contribution in [0, 0.1) is 0 Å². The van der Waals surface area contributed by atoms with E-state index in [1.165, 1.54) is 0 Å². The van der Waals surface area contributed by atoms with Gasteiger partial charge in [0, 0.05) is 0 Å². The molecular weight excluding hydrogens is 186 g/mol. The van der Waals surface area contributed by atoms with Crippen molar-refractivity contribution in [2.75, 3.05) is 0 Å². The fourth-order valence-corrected chi connectivity index (χ4v) is 0.880. The summed E-state index contributed by atoms with van der Waals surface area (Å²) in [6, 6.07) is 0. The monoisotopic (exact) mass is 190 g/mol. The molecule has 1 unspecified atom stereocenters. The second kappa shape index (κ2) is 3.09. The lowest BCUT2D eigenvalue weighted by Crippen LogP contribution is -2.36. The fourth-order valence-electron chi connectivity index (χ4n) is 0.365. The molecule has 5 nitrogen and oxygen atoms in total. The molecule has 0 aromatic heterocycles. The Hall–Kier alpha value is -0.760. The van der Waals surface area contributed by atoms with Crippen LogP contribution in [-0.4, -0.2) is 35.7 Å². The van der Waals surface area contributed by atoms with Crippen LogP contribution in [-0.2, 0) is 14.9 Å². The maximum atomic E-state index is 11.5. The summed E-state index contributed by atoms with van der Waals surface area (Å²) in [6.45, 7) is 0. The first-order valence-electron chi connectivity index (χ1n) is 2.24. The van der Waals surface area contributed by atoms with E-state index >= 15 is 0 Å². The van der Waals surface area contributed by atoms with Crippen molar-refractivity contribution in [3.05, 3.63) is 0 Å². The average Bonchev–Trinajstić information content (AvgIpc) is 1.54. The standard InChI is InChI=1S/C3H4F2O5S/c4-2(5)1(3(6)7)11(8,9)10/h1-2H,(H,6,7)(H,8,9,10). The van der Waals surface area contributed by atoms with Gasteiger partial charge in [0.25, 0.3) is 16.5 Å². The third kappa shape index (κ3) is 2.76. The topological polar surface area (TPSA) is 91.7 Å². The van der Waals surface area contributed by atoms with E-state index in [2.05, 4.69) is 0 Å². The van der Waals surface area contributed by atoms with Crippen molar-refractivity contribution in [2.45, 2.75) is 11.7 Å². The minimum Gasteiger partial charge on any atom is -0.480 e. The fraction of sp³-hybridized carbons (Fsp3) is 0.667. The highest BCUT2D eigenvalue weighted by atomic mass is 32.2. The summed E-state index contributed by atoms with van der Waals surface area (Å²) in [5.41, 5.74) is 0. The first kappa shape index (κ1) is 10.2. The molecule has 0 bridgehead atoms. The van der Waals surface area contributed by atoms with Crippen LogP contribution in [0.1, 0.15) is 0 Å². The molecule has 0 aromatic rings. The lowest BCUT2D eigenvalue weighted by molar-refractivity contribution is -0.139. The molecule has 0 radical (unpaired) electrons. The zero-order valence-corrected chi connectivity index (χ0v) is 5.75. The first-order valence-corrected chi connectivity index (χ1v) is 3.74. The summed E-state index contributed by atoms with van der Waals surface area (Å²) in [4.78, 5) is 9.77. The zero-order valence-electron chi connectivity index (χ0n) is 4.94. The smallest absolute Gasteiger partial charge is 0.330 e. The number of aliphatic carboxylic acids is 1. The van der Waals surface area contributed by atoms with E-state index < -0.39 is 27.8 Å². The largest absolute Gasteiger partial charge is 0.480 e. The molecular formula is C3H4F2O5S. The van der Waals surface area contributed by atoms with Crippen LogP contribution in [0.3, 0.4) is 0 Å². The maximum Gasteiger partial charge on any atom is 0.330 e. The maximum absolute atomic E-state index is 11.5. The molecule has 0 aliphatic carbocycles. The van der Waals surface area contributed by atoms with E-state index in [1.807, 2.05) is 0 Å². The van der Waals surface area contributed by atoms with Crippen LogP contribution in [0.25, 0.3) is 0 Å². The Kier molecular flexibility index (Phi) is 2.88. The predicted molar refractivity (Wildman–Crippen MR) is 29.0 cm³/mol. The molecule has 0 fully saturated rings. The average molecular weight is 190 g/mol. The first-order chi connectivity index (χ1) is 4.76. The highest BCUT2D eigenvalue weighted by molar-refractivity contribution is 7.87. The van der Waals surface area contributed by atoms with Gasteiger partial charge >= 0.3 is 5.97 Å². The van der Waals surface area contributed by atoms with Gasteiger partial charge < -0.3 is 5.11 Å². The quantitative estimate of drug-likeness (QED) is 0.590. The van der Waals surface area contributed by atoms with Crippen molar-refractivity contribution in [1.29, 1.82) is 0 Å². The molecule has 0 aromatic carbocycles. The van der Waals surface area contributed by atoms with Crippen molar-refractivity contribution in [1.82, 2.24) is 0 Å². The molecule has 0 spiro atoms. The molecule has 0 aliphatic heterocycles. The molecule has 1 atom stereocenters. The van der Waals surface area contributed by atoms with Gasteiger partial charge in [0.2, 0.25) is 5.25 Å². The second-order valence-corrected chi connectivity index (χ2v) is 3.15. The van der Waals surface area contributed by atoms with E-state index in [4.69, 9.17) is 9.66 Å². The van der Waals surface area contributed by atoms with Crippen LogP contribution in [0.5, 0.6) is 0 Å². The van der Waals surface area contributed by atoms with E-state index in [-0.39, 0.29) is 0 Å². The van der Waals surface area contributed by atoms with Crippen LogP contribution in [0.4, 0.5) is 8.78 Å². The summed E-state index contributed by atoms with van der Waals surface area (Å²) in [5.74, 6) is -2.28. The highest BCUT2D eigenvalue weighted by Gasteiger charge is 2.39. The van der Waals surface area contributed by atoms with Gasteiger partial charge in [-0.2, -0.15) is 8.42 Å². The second-order valence-electron chi connectivity index (χ2n) is 1.61. The van der Waals surface area contributed by atoms with Gasteiger partial charge in [0.05, 0.1) is 0 Å². The molecule has 0 heterocycles. The molecule has 0 rings (SSSR count). The number of carbonyl (C=O) groups is 1. The zero-order chi connectivity index (χ0) is 9.23. The molecule has 0 amide bonds. The number of hydrogen-bond acceptors (Lipinski definition) is 3. The van der Waals surface area contributed by atoms with E-state index in [0.717, 1.165) is 0 Å². The van der Waals surface area contributed by atoms with E-state index in [1.54, 1.807) is 0 Å². The molecule has 8 heteroatoms. The molecule has 11 heavy (non-hydrogen) atoms. The number of alkyl halides is 2. The Balaban J connectivity index is 4.79. The Morgan fingerprint density at radius 2 is 1.73 bits per heavy atom. The summed E-state index contributed by atoms with van der Waals surface area (Å²) in [6.07, 6.45) is -3.64. The third-order valence-corrected chi connectivity index (χ3v) is 1.84. The number of carboxylic acids is 1. The number of halogens is 2. The SMILES string of the molecule is O=C(O)C(C(F)F)S(=O)(=O)O. The van der Waals surface area contributed by atoms with Crippen molar-refractivity contribution in [3.63, 3.8) is 0 Å². The van der Waals surface area contributed by atoms with Crippen LogP contribution in [0.15, 0.2) is 0 Å². The number of hydrogen-bond donors (Lipinski definition) is 2. The predicted octanol–water partition coefficient (Wildman–Crippen LogP) is -0.408. The molecule has 0 saturated carbocycles. The van der Waals surface area contributed by atoms with Gasteiger partial charge in [-0.15, -0.1) is 0 Å². The summed E-state index contributed by atoms with van der Waals surface area (Å²) < 4.78 is 50.8. The minimum absolute atomic E-state index is 2.28. The lowest BCUT2D eigenvalue weighted by Gasteiger charge is -2.05. The van der Waals surface area contributed by atoms with Gasteiger partial charge in [-0.05, 0) is 0 Å². The lowest BCUT2D eigenvalue weighted by atomic mass is 10.4. The van der Waals surface area contributed by atoms with Crippen molar-refractivity contribution < 1.29 is 31.7 Å². The summed E-state index contributed by atoms with van der Waals surface area (Å²) in [7, 11) is -5.21. The van der Waals surface area contributed by atoms with Gasteiger partial charge in [-0.25, -0.2) is 8.78 Å². The number of rotatable bonds is 3. The summed E-state index contributed by atoms with van der Waals surface area (Å²) in [5, 5.41) is 4.81. The number of carboxylic acid groups (broad SMARTS) is 1. The molecule has 0 saturated heterocycles. The van der Waals surface area contributed by atoms with Crippen molar-refractivity contribution in [3.8, 4) is 0 Å². The van der Waals surface area contributed by atoms with E-state index in [9.17, 15) is 22.0 Å². The minimum atomic E-state index is -5.21. The van der Waals surface area contributed by atoms with Crippen LogP contribution >= 0.6 is 0 Å². The molecule has 0 aliphatic rings. The highest BCUT2D eigenvalue weighted by Crippen LogP contribution is 2.09. The van der Waals surface area contributed by atoms with Crippen molar-refractivity contribution in [2.24, 2.45) is 0 Å². The molecule has 66 valence electrons. The molecule has 2 N–H and O–H groups in total. The van der Waals surface area contributed by atoms with Crippen molar-refractivity contribution >= 4 is 16.1 Å². The Morgan fingerprint density at radius 3 is 1.73 bits per heavy atom. The van der Waals surface area contributed by atoms with E-state index in [0.29, 0.717) is 0 Å². The summed E-state index contributed by atoms with van der Waals surface area (Å²) >= 11 is 0. The van der Waals surface area contributed by atoms with Crippen LogP contribution < -0.4 is 0 Å². The van der Waals surface area contributed by atoms with Crippen LogP contribution in [0.2, 0.25) is 0 Å². The van der Waals surface area contributed by atoms with Gasteiger partial charge in [-0.1, -0.05) is 0 Å². The van der Waals surface area contributed by atoms with Gasteiger partial charge in [0.1, 0.15) is 0 Å². The Morgan fingerprint density at radius 1 is 1.36 bits per heavy atom. The van der Waals surface area contributed by atoms with Gasteiger partial charge in [-0.3, -0.25) is 9.35 Å². The normalized spacial score (nSPS) is 14.9. The Labute approximate surface area is 60.4 Å². The van der Waals surface area contributed by atoms with Gasteiger partial charge in [0.15, 0.2) is 0 Å².